The van der Waals surface area contributed by atoms with Crippen molar-refractivity contribution >= 4 is 39.0 Å². The number of halogens is 2. The van der Waals surface area contributed by atoms with Gasteiger partial charge >= 0.3 is 0 Å². The van der Waals surface area contributed by atoms with E-state index in [1.54, 1.807) is 34.7 Å². The molecule has 5 nitrogen and oxygen atoms in total. The van der Waals surface area contributed by atoms with Crippen LogP contribution in [0.3, 0.4) is 0 Å². The van der Waals surface area contributed by atoms with E-state index in [2.05, 4.69) is 30.8 Å². The van der Waals surface area contributed by atoms with Gasteiger partial charge < -0.3 is 9.80 Å². The van der Waals surface area contributed by atoms with Gasteiger partial charge in [0.2, 0.25) is 0 Å². The van der Waals surface area contributed by atoms with Gasteiger partial charge in [0.15, 0.2) is 0 Å². The summed E-state index contributed by atoms with van der Waals surface area (Å²) in [5, 5.41) is 2.22. The average Bonchev–Trinajstić information content (AvgIpc) is 3.18. The molecule has 27 heavy (non-hydrogen) atoms. The number of hydrogen-bond donors (Lipinski definition) is 0. The van der Waals surface area contributed by atoms with Crippen LogP contribution in [0.15, 0.2) is 52.4 Å². The summed E-state index contributed by atoms with van der Waals surface area (Å²) in [7, 11) is 0. The first-order valence-corrected chi connectivity index (χ1v) is 10.2. The summed E-state index contributed by atoms with van der Waals surface area (Å²) in [5.74, 6) is 0.458. The summed E-state index contributed by atoms with van der Waals surface area (Å²) in [4.78, 5) is 25.5. The van der Waals surface area contributed by atoms with Crippen LogP contribution in [0.2, 0.25) is 0 Å². The molecule has 2 aromatic heterocycles. The molecule has 1 aliphatic heterocycles. The molecule has 1 amide bonds. The van der Waals surface area contributed by atoms with E-state index >= 15 is 0 Å². The summed E-state index contributed by atoms with van der Waals surface area (Å²) in [6, 6.07) is 10.4. The quantitative estimate of drug-likeness (QED) is 0.608. The van der Waals surface area contributed by atoms with Crippen LogP contribution >= 0.6 is 27.3 Å². The lowest BCUT2D eigenvalue weighted by Crippen LogP contribution is -2.49. The van der Waals surface area contributed by atoms with Gasteiger partial charge in [-0.05, 0) is 40.2 Å². The third kappa shape index (κ3) is 3.86. The van der Waals surface area contributed by atoms with E-state index in [9.17, 15) is 9.18 Å². The van der Waals surface area contributed by atoms with Crippen molar-refractivity contribution in [3.05, 3.63) is 64.0 Å². The number of amides is 1. The molecule has 1 aliphatic rings. The van der Waals surface area contributed by atoms with Crippen LogP contribution in [0.5, 0.6) is 0 Å². The van der Waals surface area contributed by atoms with Crippen LogP contribution in [0, 0.1) is 5.82 Å². The molecule has 3 heterocycles. The van der Waals surface area contributed by atoms with Crippen molar-refractivity contribution in [3.63, 3.8) is 0 Å². The van der Waals surface area contributed by atoms with Gasteiger partial charge in [-0.1, -0.05) is 12.1 Å². The fourth-order valence-corrected chi connectivity index (χ4v) is 4.04. The second-order valence-electron chi connectivity index (χ2n) is 6.13. The van der Waals surface area contributed by atoms with Gasteiger partial charge in [-0.15, -0.1) is 11.3 Å². The van der Waals surface area contributed by atoms with E-state index in [1.165, 1.54) is 17.4 Å². The number of rotatable bonds is 3. The Morgan fingerprint density at radius 1 is 1.11 bits per heavy atom. The maximum Gasteiger partial charge on any atom is 0.273 e. The molecule has 0 atom stereocenters. The van der Waals surface area contributed by atoms with Crippen molar-refractivity contribution in [2.75, 3.05) is 31.1 Å². The highest BCUT2D eigenvalue weighted by atomic mass is 79.9. The molecular weight excluding hydrogens is 431 g/mol. The number of pyridine rings is 1. The molecule has 1 fully saturated rings. The van der Waals surface area contributed by atoms with Gasteiger partial charge in [-0.3, -0.25) is 4.79 Å². The predicted octanol–water partition coefficient (Wildman–Crippen LogP) is 4.07. The normalized spacial score (nSPS) is 14.4. The zero-order valence-electron chi connectivity index (χ0n) is 14.3. The second kappa shape index (κ2) is 7.74. The van der Waals surface area contributed by atoms with Crippen LogP contribution < -0.4 is 4.90 Å². The molecule has 0 saturated carbocycles. The molecule has 0 aliphatic carbocycles. The molecule has 4 rings (SSSR count). The highest BCUT2D eigenvalue weighted by Crippen LogP contribution is 2.27. The van der Waals surface area contributed by atoms with Gasteiger partial charge in [0.1, 0.15) is 22.3 Å². The molecule has 0 bridgehead atoms. The molecule has 138 valence electrons. The second-order valence-corrected chi connectivity index (χ2v) is 7.91. The molecular formula is C19H16BrFN4OS. The van der Waals surface area contributed by atoms with Crippen LogP contribution in [-0.4, -0.2) is 47.0 Å². The van der Waals surface area contributed by atoms with Crippen molar-refractivity contribution in [2.45, 2.75) is 0 Å². The summed E-state index contributed by atoms with van der Waals surface area (Å²) >= 11 is 4.67. The van der Waals surface area contributed by atoms with Crippen LogP contribution in [0.4, 0.5) is 10.2 Å². The zero-order valence-corrected chi connectivity index (χ0v) is 16.7. The number of carbonyl (C=O) groups excluding carboxylic acids is 1. The lowest BCUT2D eigenvalue weighted by molar-refractivity contribution is 0.0741. The van der Waals surface area contributed by atoms with Crippen molar-refractivity contribution in [2.24, 2.45) is 0 Å². The average molecular weight is 447 g/mol. The number of hydrogen-bond acceptors (Lipinski definition) is 5. The van der Waals surface area contributed by atoms with Crippen molar-refractivity contribution < 1.29 is 9.18 Å². The fraction of sp³-hybridized carbons (Fsp3) is 0.211. The van der Waals surface area contributed by atoms with Gasteiger partial charge in [0, 0.05) is 47.8 Å². The monoisotopic (exact) mass is 446 g/mol. The first-order chi connectivity index (χ1) is 13.1. The van der Waals surface area contributed by atoms with Gasteiger partial charge in [0.05, 0.1) is 0 Å². The van der Waals surface area contributed by atoms with Crippen molar-refractivity contribution in [1.29, 1.82) is 0 Å². The maximum atomic E-state index is 13.9. The molecule has 0 spiro atoms. The van der Waals surface area contributed by atoms with E-state index in [0.717, 1.165) is 10.3 Å². The van der Waals surface area contributed by atoms with E-state index in [4.69, 9.17) is 0 Å². The lowest BCUT2D eigenvalue weighted by Gasteiger charge is -2.35. The Morgan fingerprint density at radius 3 is 2.59 bits per heavy atom. The Balaban J connectivity index is 1.43. The number of thiazole rings is 1. The van der Waals surface area contributed by atoms with E-state index in [1.807, 2.05) is 12.1 Å². The SMILES string of the molecule is O=C(c1csc(-c2ccccc2F)n1)N1CCN(c2ccc(Br)cn2)CC1. The van der Waals surface area contributed by atoms with Gasteiger partial charge in [-0.25, -0.2) is 14.4 Å². The molecule has 1 saturated heterocycles. The predicted molar refractivity (Wildman–Crippen MR) is 108 cm³/mol. The number of nitrogens with zero attached hydrogens (tertiary/aromatic N) is 4. The van der Waals surface area contributed by atoms with Crippen LogP contribution in [-0.2, 0) is 0 Å². The largest absolute Gasteiger partial charge is 0.353 e. The van der Waals surface area contributed by atoms with Gasteiger partial charge in [0.25, 0.3) is 5.91 Å². The third-order valence-electron chi connectivity index (χ3n) is 4.43. The molecule has 8 heteroatoms. The minimum Gasteiger partial charge on any atom is -0.353 e. The maximum absolute atomic E-state index is 13.9. The molecule has 1 aromatic carbocycles. The van der Waals surface area contributed by atoms with Crippen LogP contribution in [0.1, 0.15) is 10.5 Å². The van der Waals surface area contributed by atoms with Gasteiger partial charge in [-0.2, -0.15) is 0 Å². The number of benzene rings is 1. The lowest BCUT2D eigenvalue weighted by atomic mass is 10.2. The van der Waals surface area contributed by atoms with E-state index < -0.39 is 0 Å². The standard InChI is InChI=1S/C19H16BrFN4OS/c20-13-5-6-17(22-11-13)24-7-9-25(10-8-24)19(26)16-12-27-18(23-16)14-3-1-2-4-15(14)21/h1-6,11-12H,7-10H2. The smallest absolute Gasteiger partial charge is 0.273 e. The highest BCUT2D eigenvalue weighted by Gasteiger charge is 2.25. The van der Waals surface area contributed by atoms with E-state index in [0.29, 0.717) is 42.4 Å². The molecule has 3 aromatic rings. The third-order valence-corrected chi connectivity index (χ3v) is 5.77. The topological polar surface area (TPSA) is 49.3 Å². The Morgan fingerprint density at radius 2 is 1.89 bits per heavy atom. The number of piperazine rings is 1. The number of carbonyl (C=O) groups is 1. The molecule has 0 unspecified atom stereocenters. The van der Waals surface area contributed by atoms with E-state index in [-0.39, 0.29) is 11.7 Å². The molecule has 0 N–H and O–H groups in total. The fourth-order valence-electron chi connectivity index (χ4n) is 2.99. The Hall–Kier alpha value is -2.32. The minimum absolute atomic E-state index is 0.114. The molecule has 0 radical (unpaired) electrons. The summed E-state index contributed by atoms with van der Waals surface area (Å²) in [6.45, 7) is 2.63. The highest BCUT2D eigenvalue weighted by molar-refractivity contribution is 9.10. The Kier molecular flexibility index (Phi) is 5.18. The first kappa shape index (κ1) is 18.1. The zero-order chi connectivity index (χ0) is 18.8. The first-order valence-electron chi connectivity index (χ1n) is 8.48. The summed E-state index contributed by atoms with van der Waals surface area (Å²) in [5.41, 5.74) is 0.793. The Labute approximate surface area is 168 Å². The van der Waals surface area contributed by atoms with Crippen LogP contribution in [0.25, 0.3) is 10.6 Å². The number of anilines is 1. The summed E-state index contributed by atoms with van der Waals surface area (Å²) in [6.07, 6.45) is 1.77. The Bertz CT molecular complexity index is 954. The number of aromatic nitrogens is 2. The van der Waals surface area contributed by atoms with Crippen molar-refractivity contribution in [3.8, 4) is 10.6 Å². The minimum atomic E-state index is -0.332. The summed E-state index contributed by atoms with van der Waals surface area (Å²) < 4.78 is 14.9. The van der Waals surface area contributed by atoms with Crippen molar-refractivity contribution in [1.82, 2.24) is 14.9 Å².